The highest BCUT2D eigenvalue weighted by Crippen LogP contribution is 2.21. The van der Waals surface area contributed by atoms with Crippen molar-refractivity contribution < 1.29 is 18.3 Å². The summed E-state index contributed by atoms with van der Waals surface area (Å²) in [6, 6.07) is 8.13. The van der Waals surface area contributed by atoms with Crippen LogP contribution in [0.25, 0.3) is 0 Å². The molecule has 0 fully saturated rings. The smallest absolute Gasteiger partial charge is 0.255 e. The molecule has 0 saturated heterocycles. The molecular formula is C15H13F2NO2. The molecule has 0 spiro atoms. The molecule has 0 atom stereocenters. The van der Waals surface area contributed by atoms with Crippen molar-refractivity contribution >= 4 is 11.6 Å². The van der Waals surface area contributed by atoms with Gasteiger partial charge in [-0.15, -0.1) is 0 Å². The van der Waals surface area contributed by atoms with Crippen LogP contribution in [0.15, 0.2) is 36.4 Å². The number of halogens is 2. The quantitative estimate of drug-likeness (QED) is 0.932. The third-order valence-electron chi connectivity index (χ3n) is 2.83. The molecule has 104 valence electrons. The van der Waals surface area contributed by atoms with Crippen LogP contribution >= 0.6 is 0 Å². The lowest BCUT2D eigenvalue weighted by Gasteiger charge is -2.08. The number of methoxy groups -OCH3 is 1. The molecule has 2 aromatic rings. The van der Waals surface area contributed by atoms with E-state index in [4.69, 9.17) is 4.74 Å². The molecule has 1 amide bonds. The van der Waals surface area contributed by atoms with Gasteiger partial charge < -0.3 is 10.1 Å². The fourth-order valence-electron chi connectivity index (χ4n) is 1.73. The lowest BCUT2D eigenvalue weighted by molar-refractivity contribution is 0.102. The maximum atomic E-state index is 13.5. The van der Waals surface area contributed by atoms with Crippen LogP contribution in [-0.2, 0) is 0 Å². The first-order valence-corrected chi connectivity index (χ1v) is 5.92. The van der Waals surface area contributed by atoms with Gasteiger partial charge >= 0.3 is 0 Å². The van der Waals surface area contributed by atoms with Crippen molar-refractivity contribution in [2.45, 2.75) is 6.92 Å². The minimum absolute atomic E-state index is 0.0978. The first kappa shape index (κ1) is 14.0. The molecule has 0 unspecified atom stereocenters. The van der Waals surface area contributed by atoms with Gasteiger partial charge in [0.1, 0.15) is 5.82 Å². The molecule has 0 aliphatic rings. The Balaban J connectivity index is 2.19. The number of ether oxygens (including phenoxy) is 1. The molecule has 0 bridgehead atoms. The Morgan fingerprint density at radius 1 is 1.10 bits per heavy atom. The van der Waals surface area contributed by atoms with E-state index in [1.54, 1.807) is 6.92 Å². The predicted octanol–water partition coefficient (Wildman–Crippen LogP) is 3.53. The van der Waals surface area contributed by atoms with Crippen LogP contribution in [0.1, 0.15) is 15.9 Å². The second-order valence-electron chi connectivity index (χ2n) is 4.27. The molecule has 0 heterocycles. The zero-order valence-corrected chi connectivity index (χ0v) is 11.0. The van der Waals surface area contributed by atoms with Gasteiger partial charge in [0.05, 0.1) is 7.11 Å². The van der Waals surface area contributed by atoms with Crippen LogP contribution in [-0.4, -0.2) is 13.0 Å². The van der Waals surface area contributed by atoms with E-state index in [0.29, 0.717) is 16.8 Å². The molecule has 1 N–H and O–H groups in total. The van der Waals surface area contributed by atoms with Crippen LogP contribution in [0.4, 0.5) is 14.5 Å². The zero-order chi connectivity index (χ0) is 14.7. The van der Waals surface area contributed by atoms with E-state index in [2.05, 4.69) is 5.32 Å². The second kappa shape index (κ2) is 5.69. The van der Waals surface area contributed by atoms with Gasteiger partial charge in [0.2, 0.25) is 0 Å². The molecule has 0 aromatic heterocycles. The number of carbonyl (C=O) groups excluding carboxylic acids is 1. The van der Waals surface area contributed by atoms with Crippen LogP contribution < -0.4 is 10.1 Å². The van der Waals surface area contributed by atoms with Crippen LogP contribution in [0.5, 0.6) is 5.75 Å². The summed E-state index contributed by atoms with van der Waals surface area (Å²) in [7, 11) is 1.36. The van der Waals surface area contributed by atoms with Gasteiger partial charge in [-0.3, -0.25) is 4.79 Å². The summed E-state index contributed by atoms with van der Waals surface area (Å²) in [4.78, 5) is 12.0. The normalized spacial score (nSPS) is 10.2. The average Bonchev–Trinajstić information content (AvgIpc) is 2.42. The van der Waals surface area contributed by atoms with Gasteiger partial charge in [0, 0.05) is 17.3 Å². The van der Waals surface area contributed by atoms with Crippen LogP contribution in [0.3, 0.4) is 0 Å². The SMILES string of the molecule is COc1ccc(NC(=O)c2ccc(F)c(C)c2)cc1F. The molecule has 2 rings (SSSR count). The number of nitrogens with one attached hydrogen (secondary N) is 1. The number of hydrogen-bond acceptors (Lipinski definition) is 2. The highest BCUT2D eigenvalue weighted by atomic mass is 19.1. The maximum absolute atomic E-state index is 13.5. The fourth-order valence-corrected chi connectivity index (χ4v) is 1.73. The van der Waals surface area contributed by atoms with E-state index < -0.39 is 11.7 Å². The Kier molecular flexibility index (Phi) is 3.98. The highest BCUT2D eigenvalue weighted by Gasteiger charge is 2.10. The van der Waals surface area contributed by atoms with Gasteiger partial charge in [-0.2, -0.15) is 0 Å². The maximum Gasteiger partial charge on any atom is 0.255 e. The van der Waals surface area contributed by atoms with Gasteiger partial charge in [-0.1, -0.05) is 0 Å². The summed E-state index contributed by atoms with van der Waals surface area (Å²) in [5.41, 5.74) is 0.981. The summed E-state index contributed by atoms with van der Waals surface area (Å²) in [6.45, 7) is 1.57. The standard InChI is InChI=1S/C15H13F2NO2/c1-9-7-10(3-5-12(9)16)15(19)18-11-4-6-14(20-2)13(17)8-11/h3-8H,1-2H3,(H,18,19). The molecular weight excluding hydrogens is 264 g/mol. The summed E-state index contributed by atoms with van der Waals surface area (Å²) >= 11 is 0. The lowest BCUT2D eigenvalue weighted by Crippen LogP contribution is -2.12. The van der Waals surface area contributed by atoms with Crippen molar-refractivity contribution in [3.63, 3.8) is 0 Å². The summed E-state index contributed by atoms with van der Waals surface area (Å²) in [6.07, 6.45) is 0. The zero-order valence-electron chi connectivity index (χ0n) is 11.0. The van der Waals surface area contributed by atoms with E-state index in [1.165, 1.54) is 37.4 Å². The van der Waals surface area contributed by atoms with Crippen molar-refractivity contribution in [3.8, 4) is 5.75 Å². The molecule has 2 aromatic carbocycles. The summed E-state index contributed by atoms with van der Waals surface area (Å²) < 4.78 is 31.4. The molecule has 0 saturated carbocycles. The Labute approximate surface area is 115 Å². The van der Waals surface area contributed by atoms with E-state index >= 15 is 0 Å². The van der Waals surface area contributed by atoms with E-state index in [-0.39, 0.29) is 11.6 Å². The minimum atomic E-state index is -0.569. The van der Waals surface area contributed by atoms with E-state index in [0.717, 1.165) is 6.07 Å². The Hall–Kier alpha value is -2.43. The van der Waals surface area contributed by atoms with Crippen molar-refractivity contribution in [2.24, 2.45) is 0 Å². The van der Waals surface area contributed by atoms with Crippen molar-refractivity contribution in [2.75, 3.05) is 12.4 Å². The highest BCUT2D eigenvalue weighted by molar-refractivity contribution is 6.04. The summed E-state index contributed by atoms with van der Waals surface area (Å²) in [5, 5.41) is 2.54. The number of benzene rings is 2. The Bertz CT molecular complexity index is 656. The second-order valence-corrected chi connectivity index (χ2v) is 4.27. The van der Waals surface area contributed by atoms with Crippen molar-refractivity contribution in [3.05, 3.63) is 59.2 Å². The minimum Gasteiger partial charge on any atom is -0.494 e. The fraction of sp³-hybridized carbons (Fsp3) is 0.133. The predicted molar refractivity (Wildman–Crippen MR) is 72.0 cm³/mol. The third-order valence-corrected chi connectivity index (χ3v) is 2.83. The van der Waals surface area contributed by atoms with Gasteiger partial charge in [-0.05, 0) is 42.8 Å². The largest absolute Gasteiger partial charge is 0.494 e. The molecule has 5 heteroatoms. The number of rotatable bonds is 3. The molecule has 0 aliphatic heterocycles. The summed E-state index contributed by atoms with van der Waals surface area (Å²) in [5.74, 6) is -1.28. The van der Waals surface area contributed by atoms with E-state index in [1.807, 2.05) is 0 Å². The molecule has 3 nitrogen and oxygen atoms in total. The lowest BCUT2D eigenvalue weighted by atomic mass is 10.1. The van der Waals surface area contributed by atoms with Crippen molar-refractivity contribution in [1.29, 1.82) is 0 Å². The van der Waals surface area contributed by atoms with E-state index in [9.17, 15) is 13.6 Å². The van der Waals surface area contributed by atoms with Crippen LogP contribution in [0, 0.1) is 18.6 Å². The van der Waals surface area contributed by atoms with Gasteiger partial charge in [-0.25, -0.2) is 8.78 Å². The Morgan fingerprint density at radius 3 is 2.45 bits per heavy atom. The first-order chi connectivity index (χ1) is 9.51. The number of hydrogen-bond donors (Lipinski definition) is 1. The monoisotopic (exact) mass is 277 g/mol. The number of amides is 1. The van der Waals surface area contributed by atoms with Crippen molar-refractivity contribution in [1.82, 2.24) is 0 Å². The van der Waals surface area contributed by atoms with Crippen LogP contribution in [0.2, 0.25) is 0 Å². The number of carbonyl (C=O) groups is 1. The number of anilines is 1. The first-order valence-electron chi connectivity index (χ1n) is 5.92. The molecule has 0 radical (unpaired) electrons. The third kappa shape index (κ3) is 2.93. The molecule has 20 heavy (non-hydrogen) atoms. The average molecular weight is 277 g/mol. The van der Waals surface area contributed by atoms with Gasteiger partial charge in [0.15, 0.2) is 11.6 Å². The topological polar surface area (TPSA) is 38.3 Å². The Morgan fingerprint density at radius 2 is 1.85 bits per heavy atom. The number of aryl methyl sites for hydroxylation is 1. The van der Waals surface area contributed by atoms with Gasteiger partial charge in [0.25, 0.3) is 5.91 Å². The molecule has 0 aliphatic carbocycles.